The lowest BCUT2D eigenvalue weighted by Gasteiger charge is -2.11. The van der Waals surface area contributed by atoms with E-state index in [0.717, 1.165) is 12.1 Å². The molecule has 0 saturated carbocycles. The van der Waals surface area contributed by atoms with Crippen molar-refractivity contribution in [1.29, 1.82) is 0 Å². The van der Waals surface area contributed by atoms with Crippen LogP contribution < -0.4 is 5.32 Å². The van der Waals surface area contributed by atoms with Crippen molar-refractivity contribution in [1.82, 2.24) is 0 Å². The Bertz CT molecular complexity index is 1130. The van der Waals surface area contributed by atoms with Crippen LogP contribution in [0.25, 0.3) is 0 Å². The number of ketones is 1. The van der Waals surface area contributed by atoms with Gasteiger partial charge in [-0.2, -0.15) is 13.2 Å². The van der Waals surface area contributed by atoms with Crippen LogP contribution in [-0.2, 0) is 6.18 Å². The van der Waals surface area contributed by atoms with E-state index in [1.165, 1.54) is 42.5 Å². The Kier molecular flexibility index (Phi) is 5.80. The number of halogens is 4. The van der Waals surface area contributed by atoms with Crippen molar-refractivity contribution < 1.29 is 22.9 Å². The molecule has 0 aromatic heterocycles. The number of rotatable bonds is 5. The van der Waals surface area contributed by atoms with Gasteiger partial charge in [0.1, 0.15) is 0 Å². The number of aryl methyl sites for hydroxylation is 1. The summed E-state index contributed by atoms with van der Waals surface area (Å²) in [4.78, 5) is 23.2. The zero-order valence-corrected chi connectivity index (χ0v) is 16.2. The first-order chi connectivity index (χ1) is 14.1. The fourth-order valence-electron chi connectivity index (χ4n) is 2.80. The molecule has 0 heterocycles. The molecule has 0 unspecified atom stereocenters. The third kappa shape index (κ3) is 4.60. The number of nitro groups is 1. The van der Waals surface area contributed by atoms with Gasteiger partial charge in [-0.15, -0.1) is 0 Å². The molecule has 0 atom stereocenters. The maximum Gasteiger partial charge on any atom is 0.416 e. The summed E-state index contributed by atoms with van der Waals surface area (Å²) in [6.45, 7) is 1.66. The summed E-state index contributed by atoms with van der Waals surface area (Å²) in [7, 11) is 0. The van der Waals surface area contributed by atoms with E-state index in [4.69, 9.17) is 11.6 Å². The average molecular weight is 435 g/mol. The van der Waals surface area contributed by atoms with Crippen molar-refractivity contribution in [2.45, 2.75) is 13.1 Å². The van der Waals surface area contributed by atoms with Crippen LogP contribution in [0.15, 0.2) is 60.7 Å². The Morgan fingerprint density at radius 3 is 2.17 bits per heavy atom. The summed E-state index contributed by atoms with van der Waals surface area (Å²) in [5.74, 6) is -0.470. The molecule has 0 bridgehead atoms. The van der Waals surface area contributed by atoms with E-state index in [1.54, 1.807) is 13.0 Å². The lowest BCUT2D eigenvalue weighted by molar-refractivity contribution is -0.384. The summed E-state index contributed by atoms with van der Waals surface area (Å²) in [6, 6.07) is 12.9. The summed E-state index contributed by atoms with van der Waals surface area (Å²) in [6.07, 6.45) is -4.42. The molecule has 3 aromatic rings. The van der Waals surface area contributed by atoms with E-state index < -0.39 is 22.4 Å². The van der Waals surface area contributed by atoms with Gasteiger partial charge in [0.15, 0.2) is 5.78 Å². The van der Waals surface area contributed by atoms with Crippen LogP contribution in [0.5, 0.6) is 0 Å². The molecule has 1 N–H and O–H groups in total. The van der Waals surface area contributed by atoms with Gasteiger partial charge in [-0.25, -0.2) is 0 Å². The van der Waals surface area contributed by atoms with Gasteiger partial charge in [0, 0.05) is 34.6 Å². The van der Waals surface area contributed by atoms with Gasteiger partial charge >= 0.3 is 6.18 Å². The monoisotopic (exact) mass is 434 g/mol. The fraction of sp³-hybridized carbons (Fsp3) is 0.0952. The Labute approximate surface area is 174 Å². The lowest BCUT2D eigenvalue weighted by Crippen LogP contribution is -2.06. The normalized spacial score (nSPS) is 11.2. The van der Waals surface area contributed by atoms with Crippen molar-refractivity contribution in [3.63, 3.8) is 0 Å². The summed E-state index contributed by atoms with van der Waals surface area (Å²) < 4.78 is 37.9. The maximum atomic E-state index is 12.8. The molecule has 9 heteroatoms. The van der Waals surface area contributed by atoms with Crippen molar-refractivity contribution in [3.05, 3.63) is 98.1 Å². The molecule has 0 aliphatic carbocycles. The van der Waals surface area contributed by atoms with Crippen LogP contribution in [0.4, 0.5) is 30.2 Å². The third-order valence-electron chi connectivity index (χ3n) is 4.39. The Morgan fingerprint density at radius 2 is 1.60 bits per heavy atom. The van der Waals surface area contributed by atoms with Crippen LogP contribution in [0.3, 0.4) is 0 Å². The second-order valence-electron chi connectivity index (χ2n) is 6.48. The van der Waals surface area contributed by atoms with Gasteiger partial charge in [0.25, 0.3) is 5.69 Å². The zero-order chi connectivity index (χ0) is 22.1. The Morgan fingerprint density at radius 1 is 0.967 bits per heavy atom. The van der Waals surface area contributed by atoms with Crippen LogP contribution >= 0.6 is 11.6 Å². The molecule has 0 aliphatic heterocycles. The fourth-order valence-corrected chi connectivity index (χ4v) is 3.07. The van der Waals surface area contributed by atoms with E-state index in [9.17, 15) is 28.1 Å². The molecule has 30 heavy (non-hydrogen) atoms. The number of non-ortho nitro benzene ring substituents is 1. The van der Waals surface area contributed by atoms with Gasteiger partial charge in [0.2, 0.25) is 0 Å². The zero-order valence-electron chi connectivity index (χ0n) is 15.5. The van der Waals surface area contributed by atoms with Gasteiger partial charge in [-0.3, -0.25) is 14.9 Å². The molecule has 0 radical (unpaired) electrons. The maximum absolute atomic E-state index is 12.8. The number of alkyl halides is 3. The molecule has 154 valence electrons. The molecule has 0 spiro atoms. The molecule has 3 aromatic carbocycles. The minimum atomic E-state index is -4.42. The Balaban J connectivity index is 1.84. The molecule has 0 amide bonds. The molecule has 3 rings (SSSR count). The molecule has 0 aliphatic rings. The first kappa shape index (κ1) is 21.3. The van der Waals surface area contributed by atoms with Crippen molar-refractivity contribution >= 4 is 34.4 Å². The summed E-state index contributed by atoms with van der Waals surface area (Å²) in [5, 5.41) is 14.0. The average Bonchev–Trinajstić information content (AvgIpc) is 2.67. The number of nitro benzene ring substituents is 1. The largest absolute Gasteiger partial charge is 0.416 e. The third-order valence-corrected chi connectivity index (χ3v) is 4.70. The smallest absolute Gasteiger partial charge is 0.355 e. The van der Waals surface area contributed by atoms with E-state index >= 15 is 0 Å². The number of anilines is 2. The minimum Gasteiger partial charge on any atom is -0.355 e. The number of hydrogen-bond donors (Lipinski definition) is 1. The van der Waals surface area contributed by atoms with Crippen LogP contribution in [0.2, 0.25) is 5.02 Å². The molecular formula is C21H14ClF3N2O3. The first-order valence-corrected chi connectivity index (χ1v) is 8.97. The molecule has 0 saturated heterocycles. The molecule has 5 nitrogen and oxygen atoms in total. The number of nitrogens with one attached hydrogen (secondary N) is 1. The van der Waals surface area contributed by atoms with Crippen LogP contribution in [0.1, 0.15) is 27.0 Å². The van der Waals surface area contributed by atoms with Gasteiger partial charge in [-0.1, -0.05) is 17.7 Å². The predicted molar refractivity (Wildman–Crippen MR) is 107 cm³/mol. The van der Waals surface area contributed by atoms with Gasteiger partial charge < -0.3 is 5.32 Å². The summed E-state index contributed by atoms with van der Waals surface area (Å²) >= 11 is 6.24. The number of nitrogens with zero attached hydrogens (tertiary/aromatic N) is 1. The van der Waals surface area contributed by atoms with E-state index in [0.29, 0.717) is 16.9 Å². The number of benzene rings is 3. The van der Waals surface area contributed by atoms with E-state index in [2.05, 4.69) is 5.32 Å². The predicted octanol–water partition coefficient (Wildman–Crippen LogP) is 6.55. The highest BCUT2D eigenvalue weighted by Crippen LogP contribution is 2.31. The quantitative estimate of drug-likeness (QED) is 0.281. The second-order valence-corrected chi connectivity index (χ2v) is 6.89. The topological polar surface area (TPSA) is 72.2 Å². The standard InChI is InChI=1S/C21H14ClF3N2O3/c1-12-2-8-16(27(29)30)11-18(12)20(28)17-9-7-15(10-19(17)22)26-14-5-3-13(4-6-14)21(23,24)25/h2-11,26H,1H3. The highest BCUT2D eigenvalue weighted by Gasteiger charge is 2.30. The van der Waals surface area contributed by atoms with E-state index in [1.807, 2.05) is 0 Å². The summed E-state index contributed by atoms with van der Waals surface area (Å²) in [5.41, 5.74) is 0.779. The number of carbonyl (C=O) groups excluding carboxylic acids is 1. The molecular weight excluding hydrogens is 421 g/mol. The van der Waals surface area contributed by atoms with Crippen molar-refractivity contribution in [3.8, 4) is 0 Å². The van der Waals surface area contributed by atoms with Gasteiger partial charge in [0.05, 0.1) is 15.5 Å². The van der Waals surface area contributed by atoms with Crippen LogP contribution in [0, 0.1) is 17.0 Å². The van der Waals surface area contributed by atoms with Crippen LogP contribution in [-0.4, -0.2) is 10.7 Å². The SMILES string of the molecule is Cc1ccc([N+](=O)[O-])cc1C(=O)c1ccc(Nc2ccc(C(F)(F)F)cc2)cc1Cl. The van der Waals surface area contributed by atoms with Gasteiger partial charge in [-0.05, 0) is 55.0 Å². The second kappa shape index (κ2) is 8.16. The number of hydrogen-bond acceptors (Lipinski definition) is 4. The molecule has 0 fully saturated rings. The van der Waals surface area contributed by atoms with Crippen molar-refractivity contribution in [2.24, 2.45) is 0 Å². The number of carbonyl (C=O) groups is 1. The first-order valence-electron chi connectivity index (χ1n) is 8.60. The Hall–Kier alpha value is -3.39. The van der Waals surface area contributed by atoms with Crippen molar-refractivity contribution in [2.75, 3.05) is 5.32 Å². The highest BCUT2D eigenvalue weighted by atomic mass is 35.5. The minimum absolute atomic E-state index is 0.0998. The lowest BCUT2D eigenvalue weighted by atomic mass is 9.98. The van der Waals surface area contributed by atoms with E-state index in [-0.39, 0.29) is 21.8 Å². The highest BCUT2D eigenvalue weighted by molar-refractivity contribution is 6.35.